The van der Waals surface area contributed by atoms with Crippen molar-refractivity contribution < 1.29 is 4.39 Å². The number of nitrogens with zero attached hydrogens (tertiary/aromatic N) is 4. The molecule has 0 radical (unpaired) electrons. The van der Waals surface area contributed by atoms with Crippen LogP contribution in [0.1, 0.15) is 11.1 Å². The summed E-state index contributed by atoms with van der Waals surface area (Å²) in [5, 5.41) is 1.10. The monoisotopic (exact) mass is 401 g/mol. The van der Waals surface area contributed by atoms with E-state index in [9.17, 15) is 4.39 Å². The highest BCUT2D eigenvalue weighted by Gasteiger charge is 2.21. The van der Waals surface area contributed by atoms with Gasteiger partial charge in [-0.25, -0.2) is 19.3 Å². The summed E-state index contributed by atoms with van der Waals surface area (Å²) in [5.74, 6) is 0.973. The van der Waals surface area contributed by atoms with E-state index >= 15 is 0 Å². The van der Waals surface area contributed by atoms with Gasteiger partial charge in [-0.3, -0.25) is 0 Å². The van der Waals surface area contributed by atoms with Crippen LogP contribution in [0, 0.1) is 12.7 Å². The number of aryl methyl sites for hydroxylation is 1. The highest BCUT2D eigenvalue weighted by atomic mass is 35.5. The summed E-state index contributed by atoms with van der Waals surface area (Å²) in [6.45, 7) is 2.17. The van der Waals surface area contributed by atoms with E-state index < -0.39 is 0 Å². The molecular formula is C19H14Cl2FN5. The molecule has 8 heteroatoms. The Kier molecular flexibility index (Phi) is 4.45. The van der Waals surface area contributed by atoms with Gasteiger partial charge in [-0.15, -0.1) is 0 Å². The number of hydrogen-bond acceptors (Lipinski definition) is 4. The second-order valence-corrected chi connectivity index (χ2v) is 6.95. The summed E-state index contributed by atoms with van der Waals surface area (Å²) in [4.78, 5) is 13.3. The quantitative estimate of drug-likeness (QED) is 0.533. The third-order valence-corrected chi connectivity index (χ3v) is 5.02. The third kappa shape index (κ3) is 3.22. The molecule has 0 saturated heterocycles. The van der Waals surface area contributed by atoms with Crippen molar-refractivity contribution >= 4 is 29.0 Å². The number of nitrogen functional groups attached to an aromatic ring is 1. The van der Waals surface area contributed by atoms with Crippen molar-refractivity contribution in [2.24, 2.45) is 0 Å². The van der Waals surface area contributed by atoms with Gasteiger partial charge in [-0.2, -0.15) is 0 Å². The van der Waals surface area contributed by atoms with E-state index in [0.717, 1.165) is 16.7 Å². The molecule has 0 aliphatic carbocycles. The maximum absolute atomic E-state index is 13.4. The maximum atomic E-state index is 13.4. The summed E-state index contributed by atoms with van der Waals surface area (Å²) in [6, 6.07) is 9.80. The second kappa shape index (κ2) is 6.79. The first-order valence-corrected chi connectivity index (χ1v) is 8.87. The molecule has 2 aliphatic rings. The molecule has 0 saturated carbocycles. The van der Waals surface area contributed by atoms with Crippen LogP contribution < -0.4 is 5.73 Å². The van der Waals surface area contributed by atoms with E-state index in [1.165, 1.54) is 12.1 Å². The van der Waals surface area contributed by atoms with Crippen molar-refractivity contribution in [2.45, 2.75) is 13.5 Å². The van der Waals surface area contributed by atoms with Gasteiger partial charge < -0.3 is 10.3 Å². The number of halogens is 3. The van der Waals surface area contributed by atoms with Gasteiger partial charge in [0.05, 0.1) is 12.9 Å². The molecule has 0 spiro atoms. The standard InChI is InChI=1S/C19H14Cl2FN5/c1-10-7-11(22)5-6-12(10)18-25-16-17(23)24-9-27(19(16)26-18)8-13-14(20)3-2-4-15(13)21/h2-7,9H,8,23H2,1H3. The van der Waals surface area contributed by atoms with Crippen LogP contribution >= 0.6 is 23.2 Å². The molecule has 2 N–H and O–H groups in total. The van der Waals surface area contributed by atoms with Crippen LogP contribution in [0.2, 0.25) is 10.0 Å². The average molecular weight is 402 g/mol. The zero-order chi connectivity index (χ0) is 19.1. The molecule has 0 amide bonds. The highest BCUT2D eigenvalue weighted by Crippen LogP contribution is 2.32. The van der Waals surface area contributed by atoms with E-state index in [-0.39, 0.29) is 11.6 Å². The van der Waals surface area contributed by atoms with Gasteiger partial charge in [0.25, 0.3) is 0 Å². The van der Waals surface area contributed by atoms with E-state index in [1.54, 1.807) is 42.1 Å². The summed E-state index contributed by atoms with van der Waals surface area (Å²) >= 11 is 12.6. The lowest BCUT2D eigenvalue weighted by Crippen LogP contribution is -2.09. The Balaban J connectivity index is 1.84. The lowest BCUT2D eigenvalue weighted by Gasteiger charge is -2.13. The molecule has 5 nitrogen and oxygen atoms in total. The minimum atomic E-state index is -0.308. The highest BCUT2D eigenvalue weighted by molar-refractivity contribution is 6.36. The fourth-order valence-corrected chi connectivity index (χ4v) is 3.44. The predicted octanol–water partition coefficient (Wildman–Crippen LogP) is 4.83. The van der Waals surface area contributed by atoms with E-state index in [1.807, 2.05) is 0 Å². The smallest absolute Gasteiger partial charge is 0.166 e. The zero-order valence-electron chi connectivity index (χ0n) is 14.2. The van der Waals surface area contributed by atoms with Crippen molar-refractivity contribution in [3.8, 4) is 22.9 Å². The molecule has 0 atom stereocenters. The molecule has 27 heavy (non-hydrogen) atoms. The molecular weight excluding hydrogens is 388 g/mol. The maximum Gasteiger partial charge on any atom is 0.166 e. The van der Waals surface area contributed by atoms with Crippen molar-refractivity contribution in [3.05, 3.63) is 69.7 Å². The lowest BCUT2D eigenvalue weighted by atomic mass is 10.1. The van der Waals surface area contributed by atoms with Crippen molar-refractivity contribution in [1.82, 2.24) is 19.5 Å². The Morgan fingerprint density at radius 2 is 1.85 bits per heavy atom. The largest absolute Gasteiger partial charge is 0.382 e. The Bertz CT molecular complexity index is 1110. The van der Waals surface area contributed by atoms with Gasteiger partial charge in [0.2, 0.25) is 0 Å². The number of hydrogen-bond donors (Lipinski definition) is 1. The van der Waals surface area contributed by atoms with E-state index in [2.05, 4.69) is 15.0 Å². The van der Waals surface area contributed by atoms with Crippen LogP contribution in [0.5, 0.6) is 0 Å². The van der Waals surface area contributed by atoms with Gasteiger partial charge in [-0.05, 0) is 42.8 Å². The SMILES string of the molecule is Cc1cc(F)ccc1-c1nc2c(N)ncn(Cc3c(Cl)cccc3Cl)c-2n1. The predicted molar refractivity (Wildman–Crippen MR) is 105 cm³/mol. The fraction of sp³-hybridized carbons (Fsp3) is 0.105. The van der Waals surface area contributed by atoms with Crippen LogP contribution in [-0.2, 0) is 6.54 Å². The molecule has 136 valence electrons. The van der Waals surface area contributed by atoms with E-state index in [4.69, 9.17) is 28.9 Å². The summed E-state index contributed by atoms with van der Waals surface area (Å²) in [7, 11) is 0. The van der Waals surface area contributed by atoms with Gasteiger partial charge in [0.1, 0.15) is 5.82 Å². The van der Waals surface area contributed by atoms with Gasteiger partial charge in [-0.1, -0.05) is 29.3 Å². The first-order valence-electron chi connectivity index (χ1n) is 8.12. The summed E-state index contributed by atoms with van der Waals surface area (Å²) in [6.07, 6.45) is 1.58. The Hall–Kier alpha value is -2.70. The first-order chi connectivity index (χ1) is 12.9. The summed E-state index contributed by atoms with van der Waals surface area (Å²) in [5.41, 5.74) is 8.68. The molecule has 4 rings (SSSR count). The summed E-state index contributed by atoms with van der Waals surface area (Å²) < 4.78 is 15.2. The van der Waals surface area contributed by atoms with Crippen LogP contribution in [0.3, 0.4) is 0 Å². The van der Waals surface area contributed by atoms with Gasteiger partial charge >= 0.3 is 0 Å². The molecule has 0 bridgehead atoms. The molecule has 2 aromatic rings. The number of benzene rings is 2. The van der Waals surface area contributed by atoms with Crippen LogP contribution in [0.4, 0.5) is 10.2 Å². The van der Waals surface area contributed by atoms with Crippen molar-refractivity contribution in [3.63, 3.8) is 0 Å². The van der Waals surface area contributed by atoms with Gasteiger partial charge in [0.15, 0.2) is 23.2 Å². The molecule has 0 unspecified atom stereocenters. The first kappa shape index (κ1) is 17.7. The second-order valence-electron chi connectivity index (χ2n) is 6.14. The molecule has 0 aromatic heterocycles. The fourth-order valence-electron chi connectivity index (χ4n) is 2.92. The van der Waals surface area contributed by atoms with Gasteiger partial charge in [0, 0.05) is 21.2 Å². The zero-order valence-corrected chi connectivity index (χ0v) is 15.8. The number of anilines is 1. The molecule has 0 fully saturated rings. The van der Waals surface area contributed by atoms with Crippen LogP contribution in [0.25, 0.3) is 22.9 Å². The number of imidazole rings is 1. The number of rotatable bonds is 3. The number of nitrogens with two attached hydrogens (primary N) is 1. The molecule has 2 aromatic carbocycles. The number of aromatic nitrogens is 4. The van der Waals surface area contributed by atoms with Crippen molar-refractivity contribution in [1.29, 1.82) is 0 Å². The average Bonchev–Trinajstić information content (AvgIpc) is 3.06. The normalized spacial score (nSPS) is 11.3. The molecule has 2 aliphatic heterocycles. The topological polar surface area (TPSA) is 69.6 Å². The minimum Gasteiger partial charge on any atom is -0.382 e. The lowest BCUT2D eigenvalue weighted by molar-refractivity contribution is 0.627. The van der Waals surface area contributed by atoms with Crippen molar-refractivity contribution in [2.75, 3.05) is 5.73 Å². The van der Waals surface area contributed by atoms with E-state index in [0.29, 0.717) is 33.9 Å². The number of fused-ring (bicyclic) bond motifs is 1. The van der Waals surface area contributed by atoms with Crippen LogP contribution in [-0.4, -0.2) is 19.5 Å². The Morgan fingerprint density at radius 1 is 1.11 bits per heavy atom. The third-order valence-electron chi connectivity index (χ3n) is 4.31. The van der Waals surface area contributed by atoms with Crippen LogP contribution in [0.15, 0.2) is 42.7 Å². The molecule has 2 heterocycles. The Labute approximate surface area is 165 Å². The minimum absolute atomic E-state index is 0.269. The Morgan fingerprint density at radius 3 is 2.56 bits per heavy atom.